The number of thiophene rings is 1. The number of hydrogen-bond donors (Lipinski definition) is 3. The number of aromatic nitrogens is 4. The Morgan fingerprint density at radius 3 is 2.66 bits per heavy atom. The summed E-state index contributed by atoms with van der Waals surface area (Å²) in [6.07, 6.45) is 9.79. The quantitative estimate of drug-likeness (QED) is 0.314. The first-order valence-electron chi connectivity index (χ1n) is 17.5. The summed E-state index contributed by atoms with van der Waals surface area (Å²) >= 11 is 1.42. The number of aliphatic carboxylic acids is 1. The van der Waals surface area contributed by atoms with Gasteiger partial charge in [0, 0.05) is 19.4 Å². The SMILES string of the molecule is Cc1cc(-c2nc(O[C@@H]3C[C@H]4C(=O)N[C@]5(C(=O)O)C[C@H]5C=CCCCCCC(NC(=O)OC5CCCC5)C(=O)N4C3)c3sccc3n2)n(C)n1. The van der Waals surface area contributed by atoms with E-state index < -0.39 is 47.6 Å². The topological polar surface area (TPSA) is 178 Å². The van der Waals surface area contributed by atoms with E-state index in [9.17, 15) is 24.3 Å². The van der Waals surface area contributed by atoms with Crippen LogP contribution in [0, 0.1) is 12.8 Å². The van der Waals surface area contributed by atoms with Gasteiger partial charge in [-0.1, -0.05) is 25.0 Å². The third kappa shape index (κ3) is 6.92. The molecule has 266 valence electrons. The summed E-state index contributed by atoms with van der Waals surface area (Å²) in [7, 11) is 1.81. The van der Waals surface area contributed by atoms with Crippen LogP contribution in [0.1, 0.15) is 76.3 Å². The molecule has 1 saturated heterocycles. The van der Waals surface area contributed by atoms with E-state index in [0.717, 1.165) is 55.3 Å². The van der Waals surface area contributed by atoms with E-state index in [2.05, 4.69) is 15.7 Å². The number of nitrogens with zero attached hydrogens (tertiary/aromatic N) is 5. The van der Waals surface area contributed by atoms with Gasteiger partial charge in [0.2, 0.25) is 17.7 Å². The van der Waals surface area contributed by atoms with Crippen LogP contribution >= 0.6 is 11.3 Å². The summed E-state index contributed by atoms with van der Waals surface area (Å²) in [4.78, 5) is 64.9. The molecular weight excluding hydrogens is 662 g/mol. The first-order valence-corrected chi connectivity index (χ1v) is 18.4. The van der Waals surface area contributed by atoms with Crippen molar-refractivity contribution in [3.63, 3.8) is 0 Å². The summed E-state index contributed by atoms with van der Waals surface area (Å²) < 4.78 is 14.6. The van der Waals surface area contributed by atoms with Gasteiger partial charge in [-0.25, -0.2) is 14.6 Å². The van der Waals surface area contributed by atoms with Gasteiger partial charge in [0.15, 0.2) is 5.82 Å². The van der Waals surface area contributed by atoms with Crippen molar-refractivity contribution in [1.82, 2.24) is 35.3 Å². The largest absolute Gasteiger partial charge is 0.479 e. The van der Waals surface area contributed by atoms with Gasteiger partial charge < -0.3 is 30.1 Å². The van der Waals surface area contributed by atoms with Crippen molar-refractivity contribution in [3.05, 3.63) is 35.4 Å². The number of amides is 3. The molecule has 0 radical (unpaired) electrons. The molecule has 3 aromatic rings. The molecule has 14 nitrogen and oxygen atoms in total. The van der Waals surface area contributed by atoms with Crippen LogP contribution in [0.5, 0.6) is 5.88 Å². The molecule has 2 aliphatic carbocycles. The Balaban J connectivity index is 1.18. The van der Waals surface area contributed by atoms with Crippen LogP contribution in [-0.4, -0.2) is 90.0 Å². The maximum absolute atomic E-state index is 14.4. The average molecular weight is 706 g/mol. The second-order valence-electron chi connectivity index (χ2n) is 13.9. The number of alkyl carbamates (subject to hydrolysis) is 1. The summed E-state index contributed by atoms with van der Waals surface area (Å²) in [6.45, 7) is 1.92. The van der Waals surface area contributed by atoms with Crippen molar-refractivity contribution in [2.75, 3.05) is 6.54 Å². The standard InChI is InChI=1S/C35H43N7O7S/c1-20-16-26(41(2)40-20)29-36-24-14-15-50-28(24)31(38-29)48-23-17-27-30(43)39-35(33(45)46)18-21(35)10-6-4-3-5-7-13-25(32(44)42(27)19-23)37-34(47)49-22-11-8-9-12-22/h6,10,14-16,21-23,25,27H,3-5,7-9,11-13,17-19H2,1-2H3,(H,37,47)(H,39,43)(H,45,46)/t21-,23-,25?,27+,35-/m1/s1. The zero-order chi connectivity index (χ0) is 35.0. The van der Waals surface area contributed by atoms with Gasteiger partial charge in [-0.2, -0.15) is 10.1 Å². The minimum Gasteiger partial charge on any atom is -0.479 e. The maximum Gasteiger partial charge on any atom is 0.408 e. The number of fused-ring (bicyclic) bond motifs is 3. The van der Waals surface area contributed by atoms with Crippen LogP contribution < -0.4 is 15.4 Å². The number of carbonyl (C=O) groups is 4. The molecule has 5 heterocycles. The summed E-state index contributed by atoms with van der Waals surface area (Å²) in [5.74, 6) is -1.70. The number of ether oxygens (including phenoxy) is 2. The Morgan fingerprint density at radius 2 is 1.90 bits per heavy atom. The lowest BCUT2D eigenvalue weighted by Gasteiger charge is -2.29. The highest BCUT2D eigenvalue weighted by Crippen LogP contribution is 2.45. The molecule has 3 N–H and O–H groups in total. The van der Waals surface area contributed by atoms with Crippen molar-refractivity contribution in [2.24, 2.45) is 13.0 Å². The van der Waals surface area contributed by atoms with Crippen LogP contribution in [0.25, 0.3) is 21.7 Å². The minimum atomic E-state index is -1.43. The number of carbonyl (C=O) groups excluding carboxylic acids is 3. The third-order valence-corrected chi connectivity index (χ3v) is 11.2. The number of aryl methyl sites for hydroxylation is 2. The highest BCUT2D eigenvalue weighted by molar-refractivity contribution is 7.17. The number of carboxylic acid groups (broad SMARTS) is 1. The molecule has 5 atom stereocenters. The first kappa shape index (κ1) is 33.9. The molecule has 2 aliphatic heterocycles. The number of allylic oxidation sites excluding steroid dienone is 1. The highest BCUT2D eigenvalue weighted by Gasteiger charge is 2.61. The zero-order valence-corrected chi connectivity index (χ0v) is 29.1. The number of rotatable bonds is 6. The van der Waals surface area contributed by atoms with E-state index in [0.29, 0.717) is 35.8 Å². The second-order valence-corrected chi connectivity index (χ2v) is 14.8. The fourth-order valence-corrected chi connectivity index (χ4v) is 8.25. The molecule has 3 amide bonds. The van der Waals surface area contributed by atoms with Gasteiger partial charge in [0.05, 0.1) is 17.8 Å². The van der Waals surface area contributed by atoms with Crippen molar-refractivity contribution in [3.8, 4) is 17.4 Å². The lowest BCUT2D eigenvalue weighted by Crippen LogP contribution is -2.56. The smallest absolute Gasteiger partial charge is 0.408 e. The average Bonchev–Trinajstić information content (AvgIpc) is 3.64. The van der Waals surface area contributed by atoms with Crippen molar-refractivity contribution >= 4 is 45.4 Å². The predicted molar refractivity (Wildman–Crippen MR) is 183 cm³/mol. The van der Waals surface area contributed by atoms with Crippen molar-refractivity contribution < 1.29 is 33.8 Å². The molecule has 0 bridgehead atoms. The molecule has 1 unspecified atom stereocenters. The first-order chi connectivity index (χ1) is 24.1. The Kier molecular flexibility index (Phi) is 9.51. The van der Waals surface area contributed by atoms with Crippen LogP contribution in [0.2, 0.25) is 0 Å². The summed E-state index contributed by atoms with van der Waals surface area (Å²) in [5.41, 5.74) is 0.777. The third-order valence-electron chi connectivity index (χ3n) is 10.3. The van der Waals surface area contributed by atoms with Crippen LogP contribution in [-0.2, 0) is 26.2 Å². The maximum atomic E-state index is 14.4. The van der Waals surface area contributed by atoms with Gasteiger partial charge in [0.1, 0.15) is 40.2 Å². The van der Waals surface area contributed by atoms with E-state index >= 15 is 0 Å². The van der Waals surface area contributed by atoms with Gasteiger partial charge in [0.25, 0.3) is 0 Å². The van der Waals surface area contributed by atoms with Crippen molar-refractivity contribution in [2.45, 2.75) is 107 Å². The predicted octanol–water partition coefficient (Wildman–Crippen LogP) is 4.27. The lowest BCUT2D eigenvalue weighted by atomic mass is 10.0. The molecule has 2 saturated carbocycles. The highest BCUT2D eigenvalue weighted by atomic mass is 32.1. The molecule has 0 spiro atoms. The zero-order valence-electron chi connectivity index (χ0n) is 28.3. The monoisotopic (exact) mass is 705 g/mol. The van der Waals surface area contributed by atoms with Crippen LogP contribution in [0.3, 0.4) is 0 Å². The molecule has 7 rings (SSSR count). The Labute approximate surface area is 293 Å². The van der Waals surface area contributed by atoms with Gasteiger partial charge in [-0.15, -0.1) is 11.3 Å². The van der Waals surface area contributed by atoms with Crippen LogP contribution in [0.15, 0.2) is 29.7 Å². The fourth-order valence-electron chi connectivity index (χ4n) is 7.49. The fraction of sp³-hybridized carbons (Fsp3) is 0.571. The van der Waals surface area contributed by atoms with Crippen LogP contribution in [0.4, 0.5) is 4.79 Å². The van der Waals surface area contributed by atoms with E-state index in [1.165, 1.54) is 16.2 Å². The second kappa shape index (κ2) is 14.0. The minimum absolute atomic E-state index is 0.0349. The molecule has 15 heteroatoms. The molecule has 4 aliphatic rings. The van der Waals surface area contributed by atoms with Gasteiger partial charge in [-0.05, 0) is 75.8 Å². The number of carboxylic acids is 1. The number of nitrogens with one attached hydrogen (secondary N) is 2. The Hall–Kier alpha value is -4.53. The normalized spacial score (nSPS) is 27.6. The molecular formula is C35H43N7O7S. The molecule has 0 aromatic carbocycles. The van der Waals surface area contributed by atoms with Gasteiger partial charge in [-0.3, -0.25) is 14.3 Å². The van der Waals surface area contributed by atoms with E-state index in [1.807, 2.05) is 43.6 Å². The van der Waals surface area contributed by atoms with E-state index in [-0.39, 0.29) is 31.4 Å². The molecule has 3 fully saturated rings. The van der Waals surface area contributed by atoms with E-state index in [1.54, 1.807) is 4.68 Å². The Morgan fingerprint density at radius 1 is 1.10 bits per heavy atom. The Bertz CT molecular complexity index is 1820. The summed E-state index contributed by atoms with van der Waals surface area (Å²) in [5, 5.41) is 22.1. The molecule has 50 heavy (non-hydrogen) atoms. The number of hydrogen-bond acceptors (Lipinski definition) is 10. The summed E-state index contributed by atoms with van der Waals surface area (Å²) in [6, 6.07) is 1.80. The lowest BCUT2D eigenvalue weighted by molar-refractivity contribution is -0.145. The van der Waals surface area contributed by atoms with E-state index in [4.69, 9.17) is 19.4 Å². The van der Waals surface area contributed by atoms with Gasteiger partial charge >= 0.3 is 12.1 Å². The van der Waals surface area contributed by atoms with Crippen molar-refractivity contribution in [1.29, 1.82) is 0 Å². The molecule has 3 aromatic heterocycles.